The van der Waals surface area contributed by atoms with Crippen LogP contribution in [0.1, 0.15) is 38.3 Å². The summed E-state index contributed by atoms with van der Waals surface area (Å²) in [7, 11) is -3.73. The third-order valence-electron chi connectivity index (χ3n) is 3.12. The smallest absolute Gasteiger partial charge is 0.324 e. The second kappa shape index (κ2) is 7.95. The van der Waals surface area contributed by atoms with E-state index in [1.807, 2.05) is 19.9 Å². The maximum Gasteiger partial charge on any atom is 0.324 e. The fraction of sp³-hybridized carbons (Fsp3) is 0.500. The Balaban J connectivity index is 2.95. The van der Waals surface area contributed by atoms with Crippen LogP contribution in [0.4, 0.5) is 0 Å². The van der Waals surface area contributed by atoms with Gasteiger partial charge in [0.2, 0.25) is 0 Å². The van der Waals surface area contributed by atoms with Gasteiger partial charge in [-0.3, -0.25) is 4.79 Å². The molecular weight excluding hydrogens is 302 g/mol. The van der Waals surface area contributed by atoms with Crippen LogP contribution in [0.2, 0.25) is 0 Å². The Hall–Kier alpha value is -1.87. The number of carbonyl (C=O) groups excluding carboxylic acids is 1. The number of nitrogens with zero attached hydrogens (tertiary/aromatic N) is 1. The van der Waals surface area contributed by atoms with Gasteiger partial charge in [-0.2, -0.15) is 5.26 Å². The van der Waals surface area contributed by atoms with E-state index in [1.54, 1.807) is 31.2 Å². The molecule has 0 aromatic heterocycles. The number of nitriles is 1. The Labute approximate surface area is 131 Å². The summed E-state index contributed by atoms with van der Waals surface area (Å²) in [6.45, 7) is 5.59. The molecular formula is C16H21NO4S. The van der Waals surface area contributed by atoms with Crippen molar-refractivity contribution in [1.29, 1.82) is 5.26 Å². The SMILES string of the molecule is CCC(C(=O)OCC(C)C)S(=O)(=O)Cc1ccccc1C#N. The third-order valence-corrected chi connectivity index (χ3v) is 5.23. The molecule has 1 unspecified atom stereocenters. The van der Waals surface area contributed by atoms with Gasteiger partial charge in [-0.15, -0.1) is 0 Å². The van der Waals surface area contributed by atoms with Crippen molar-refractivity contribution >= 4 is 15.8 Å². The Kier molecular flexibility index (Phi) is 6.57. The Morgan fingerprint density at radius 1 is 1.32 bits per heavy atom. The van der Waals surface area contributed by atoms with Gasteiger partial charge < -0.3 is 4.74 Å². The summed E-state index contributed by atoms with van der Waals surface area (Å²) >= 11 is 0. The van der Waals surface area contributed by atoms with Crippen molar-refractivity contribution in [2.45, 2.75) is 38.2 Å². The van der Waals surface area contributed by atoms with E-state index in [4.69, 9.17) is 10.00 Å². The fourth-order valence-corrected chi connectivity index (χ4v) is 3.74. The van der Waals surface area contributed by atoms with Crippen LogP contribution in [0.5, 0.6) is 0 Å². The molecule has 0 radical (unpaired) electrons. The number of benzene rings is 1. The molecule has 5 nitrogen and oxygen atoms in total. The van der Waals surface area contributed by atoms with E-state index in [0.29, 0.717) is 11.1 Å². The predicted octanol–water partition coefficient (Wildman–Crippen LogP) is 2.45. The van der Waals surface area contributed by atoms with Crippen molar-refractivity contribution in [2.75, 3.05) is 6.61 Å². The molecule has 0 saturated heterocycles. The van der Waals surface area contributed by atoms with E-state index in [9.17, 15) is 13.2 Å². The zero-order valence-electron chi connectivity index (χ0n) is 13.1. The predicted molar refractivity (Wildman–Crippen MR) is 83.7 cm³/mol. The van der Waals surface area contributed by atoms with Crippen LogP contribution < -0.4 is 0 Å². The number of hydrogen-bond donors (Lipinski definition) is 0. The van der Waals surface area contributed by atoms with Crippen LogP contribution in [0.15, 0.2) is 24.3 Å². The topological polar surface area (TPSA) is 84.2 Å². The first-order chi connectivity index (χ1) is 10.3. The van der Waals surface area contributed by atoms with E-state index >= 15 is 0 Å². The lowest BCUT2D eigenvalue weighted by molar-refractivity contribution is -0.144. The fourth-order valence-electron chi connectivity index (χ4n) is 1.98. The summed E-state index contributed by atoms with van der Waals surface area (Å²) in [6, 6.07) is 8.45. The summed E-state index contributed by atoms with van der Waals surface area (Å²) in [5.41, 5.74) is 0.705. The normalized spacial score (nSPS) is 12.7. The maximum absolute atomic E-state index is 12.5. The minimum absolute atomic E-state index is 0.142. The van der Waals surface area contributed by atoms with Gasteiger partial charge in [0.1, 0.15) is 0 Å². The van der Waals surface area contributed by atoms with Crippen molar-refractivity contribution in [1.82, 2.24) is 0 Å². The van der Waals surface area contributed by atoms with Crippen LogP contribution >= 0.6 is 0 Å². The number of hydrogen-bond acceptors (Lipinski definition) is 5. The lowest BCUT2D eigenvalue weighted by atomic mass is 10.1. The van der Waals surface area contributed by atoms with Crippen LogP contribution in [0.3, 0.4) is 0 Å². The van der Waals surface area contributed by atoms with Gasteiger partial charge in [0.05, 0.1) is 24.0 Å². The average molecular weight is 323 g/mol. The molecule has 0 aliphatic rings. The van der Waals surface area contributed by atoms with Crippen LogP contribution in [0, 0.1) is 17.2 Å². The Bertz CT molecular complexity index is 659. The summed E-state index contributed by atoms with van der Waals surface area (Å²) in [6.07, 6.45) is 0.147. The minimum atomic E-state index is -3.73. The molecule has 1 aromatic carbocycles. The molecule has 120 valence electrons. The zero-order chi connectivity index (χ0) is 16.8. The van der Waals surface area contributed by atoms with Crippen LogP contribution in [0.25, 0.3) is 0 Å². The first kappa shape index (κ1) is 18.2. The first-order valence-electron chi connectivity index (χ1n) is 7.18. The lowest BCUT2D eigenvalue weighted by Crippen LogP contribution is -2.33. The summed E-state index contributed by atoms with van der Waals surface area (Å²) < 4.78 is 30.0. The molecule has 0 heterocycles. The molecule has 0 aliphatic carbocycles. The van der Waals surface area contributed by atoms with E-state index < -0.39 is 21.1 Å². The monoisotopic (exact) mass is 323 g/mol. The molecule has 0 amide bonds. The van der Waals surface area contributed by atoms with Gasteiger partial charge in [0, 0.05) is 0 Å². The van der Waals surface area contributed by atoms with Gasteiger partial charge in [-0.1, -0.05) is 39.0 Å². The van der Waals surface area contributed by atoms with Gasteiger partial charge >= 0.3 is 5.97 Å². The molecule has 0 spiro atoms. The van der Waals surface area contributed by atoms with Crippen LogP contribution in [-0.4, -0.2) is 26.2 Å². The molecule has 1 atom stereocenters. The standard InChI is InChI=1S/C16H21NO4S/c1-4-15(16(18)21-10-12(2)3)22(19,20)11-14-8-6-5-7-13(14)9-17/h5-8,12,15H,4,10-11H2,1-3H3. The Morgan fingerprint density at radius 3 is 2.50 bits per heavy atom. The summed E-state index contributed by atoms with van der Waals surface area (Å²) in [5.74, 6) is -0.916. The van der Waals surface area contributed by atoms with Gasteiger partial charge in [-0.05, 0) is 24.0 Å². The molecule has 22 heavy (non-hydrogen) atoms. The molecule has 0 aliphatic heterocycles. The van der Waals surface area contributed by atoms with Gasteiger partial charge in [0.15, 0.2) is 15.1 Å². The van der Waals surface area contributed by atoms with Crippen molar-refractivity contribution in [2.24, 2.45) is 5.92 Å². The first-order valence-corrected chi connectivity index (χ1v) is 8.89. The summed E-state index contributed by atoms with van der Waals surface area (Å²) in [4.78, 5) is 12.0. The van der Waals surface area contributed by atoms with E-state index in [0.717, 1.165) is 0 Å². The van der Waals surface area contributed by atoms with Crippen molar-refractivity contribution in [3.05, 3.63) is 35.4 Å². The number of rotatable bonds is 7. The molecule has 0 N–H and O–H groups in total. The van der Waals surface area contributed by atoms with E-state index in [-0.39, 0.29) is 24.7 Å². The van der Waals surface area contributed by atoms with Crippen molar-refractivity contribution in [3.63, 3.8) is 0 Å². The van der Waals surface area contributed by atoms with Crippen molar-refractivity contribution in [3.8, 4) is 6.07 Å². The third kappa shape index (κ3) is 4.85. The highest BCUT2D eigenvalue weighted by molar-refractivity contribution is 7.92. The number of ether oxygens (including phenoxy) is 1. The largest absolute Gasteiger partial charge is 0.464 e. The van der Waals surface area contributed by atoms with E-state index in [1.165, 1.54) is 0 Å². The highest BCUT2D eigenvalue weighted by Gasteiger charge is 2.33. The number of esters is 1. The lowest BCUT2D eigenvalue weighted by Gasteiger charge is -2.16. The molecule has 1 rings (SSSR count). The highest BCUT2D eigenvalue weighted by Crippen LogP contribution is 2.18. The van der Waals surface area contributed by atoms with Gasteiger partial charge in [0.25, 0.3) is 0 Å². The number of sulfone groups is 1. The molecule has 6 heteroatoms. The average Bonchev–Trinajstić information content (AvgIpc) is 2.45. The minimum Gasteiger partial charge on any atom is -0.464 e. The van der Waals surface area contributed by atoms with E-state index in [2.05, 4.69) is 0 Å². The second-order valence-corrected chi connectivity index (χ2v) is 7.68. The molecule has 1 aromatic rings. The second-order valence-electron chi connectivity index (χ2n) is 5.50. The summed E-state index contributed by atoms with van der Waals surface area (Å²) in [5, 5.41) is 7.83. The molecule has 0 fully saturated rings. The highest BCUT2D eigenvalue weighted by atomic mass is 32.2. The molecule has 0 bridgehead atoms. The zero-order valence-corrected chi connectivity index (χ0v) is 13.9. The maximum atomic E-state index is 12.5. The number of carbonyl (C=O) groups is 1. The Morgan fingerprint density at radius 2 is 1.95 bits per heavy atom. The molecule has 0 saturated carbocycles. The van der Waals surface area contributed by atoms with Crippen LogP contribution in [-0.2, 0) is 25.1 Å². The van der Waals surface area contributed by atoms with Crippen molar-refractivity contribution < 1.29 is 17.9 Å². The van der Waals surface area contributed by atoms with Gasteiger partial charge in [-0.25, -0.2) is 8.42 Å². The quantitative estimate of drug-likeness (QED) is 0.720.